The molecule has 0 unspecified atom stereocenters. The van der Waals surface area contributed by atoms with E-state index < -0.39 is 0 Å². The van der Waals surface area contributed by atoms with Gasteiger partial charge in [-0.15, -0.1) is 11.3 Å². The quantitative estimate of drug-likeness (QED) is 0.474. The summed E-state index contributed by atoms with van der Waals surface area (Å²) in [6.07, 6.45) is 4.00. The van der Waals surface area contributed by atoms with Crippen LogP contribution in [-0.2, 0) is 0 Å². The highest BCUT2D eigenvalue weighted by molar-refractivity contribution is 7.13. The minimum absolute atomic E-state index is 0.773. The lowest BCUT2D eigenvalue weighted by Crippen LogP contribution is -1.96. The first-order chi connectivity index (χ1) is 9.78. The van der Waals surface area contributed by atoms with Crippen LogP contribution in [0, 0.1) is 6.92 Å². The van der Waals surface area contributed by atoms with Crippen LogP contribution in [0.2, 0.25) is 0 Å². The molecule has 106 valence electrons. The predicted octanol–water partition coefficient (Wildman–Crippen LogP) is 4.08. The highest BCUT2D eigenvalue weighted by atomic mass is 32.1. The van der Waals surface area contributed by atoms with Gasteiger partial charge in [0.15, 0.2) is 0 Å². The Hall–Kier alpha value is -1.88. The standard InChI is InChI=1S/C15H19N3OS/c1-3-4-9-19-14-7-5-13(6-8-14)10-16-18-15-17-12(2)11-20-15/h5-8,10-11H,3-4,9H2,1-2H3,(H,17,18)/b16-10+. The summed E-state index contributed by atoms with van der Waals surface area (Å²) in [4.78, 5) is 4.27. The number of nitrogens with one attached hydrogen (secondary N) is 1. The number of nitrogens with zero attached hydrogens (tertiary/aromatic N) is 2. The van der Waals surface area contributed by atoms with Crippen LogP contribution in [0.3, 0.4) is 0 Å². The molecule has 5 heteroatoms. The molecule has 4 nitrogen and oxygen atoms in total. The van der Waals surface area contributed by atoms with E-state index in [-0.39, 0.29) is 0 Å². The smallest absolute Gasteiger partial charge is 0.203 e. The molecular formula is C15H19N3OS. The summed E-state index contributed by atoms with van der Waals surface area (Å²) in [5.41, 5.74) is 4.94. The number of hydrogen-bond acceptors (Lipinski definition) is 5. The van der Waals surface area contributed by atoms with Crippen molar-refractivity contribution in [1.29, 1.82) is 0 Å². The van der Waals surface area contributed by atoms with E-state index in [1.54, 1.807) is 17.6 Å². The van der Waals surface area contributed by atoms with Crippen LogP contribution in [0.25, 0.3) is 0 Å². The zero-order chi connectivity index (χ0) is 14.2. The number of anilines is 1. The number of hydrazone groups is 1. The molecule has 2 rings (SSSR count). The van der Waals surface area contributed by atoms with Crippen molar-refractivity contribution in [3.8, 4) is 5.75 Å². The third-order valence-corrected chi connectivity index (χ3v) is 3.50. The van der Waals surface area contributed by atoms with Crippen molar-refractivity contribution >= 4 is 22.7 Å². The largest absolute Gasteiger partial charge is 0.494 e. The molecule has 0 saturated carbocycles. The molecule has 0 saturated heterocycles. The lowest BCUT2D eigenvalue weighted by Gasteiger charge is -2.04. The third-order valence-electron chi connectivity index (χ3n) is 2.64. The molecule has 0 atom stereocenters. The predicted molar refractivity (Wildman–Crippen MR) is 84.9 cm³/mol. The Morgan fingerprint density at radius 2 is 2.15 bits per heavy atom. The monoisotopic (exact) mass is 289 g/mol. The van der Waals surface area contributed by atoms with Crippen molar-refractivity contribution in [2.24, 2.45) is 5.10 Å². The molecule has 0 spiro atoms. The van der Waals surface area contributed by atoms with Crippen molar-refractivity contribution < 1.29 is 4.74 Å². The fraction of sp³-hybridized carbons (Fsp3) is 0.333. The van der Waals surface area contributed by atoms with E-state index >= 15 is 0 Å². The van der Waals surface area contributed by atoms with Gasteiger partial charge in [-0.2, -0.15) is 5.10 Å². The lowest BCUT2D eigenvalue weighted by atomic mass is 10.2. The van der Waals surface area contributed by atoms with Crippen LogP contribution in [0.1, 0.15) is 31.0 Å². The minimum Gasteiger partial charge on any atom is -0.494 e. The van der Waals surface area contributed by atoms with Gasteiger partial charge in [0, 0.05) is 5.38 Å². The number of thiazole rings is 1. The summed E-state index contributed by atoms with van der Waals surface area (Å²) in [5, 5.41) is 6.95. The number of aryl methyl sites for hydroxylation is 1. The Kier molecular flexibility index (Phi) is 5.55. The Labute approximate surface area is 123 Å². The maximum absolute atomic E-state index is 5.61. The van der Waals surface area contributed by atoms with Crippen LogP contribution in [-0.4, -0.2) is 17.8 Å². The Bertz CT molecular complexity index is 549. The SMILES string of the molecule is CCCCOc1ccc(/C=N/Nc2nc(C)cs2)cc1. The van der Waals surface area contributed by atoms with Crippen LogP contribution < -0.4 is 10.2 Å². The zero-order valence-electron chi connectivity index (χ0n) is 11.8. The van der Waals surface area contributed by atoms with Gasteiger partial charge in [-0.25, -0.2) is 4.98 Å². The second kappa shape index (κ2) is 7.65. The van der Waals surface area contributed by atoms with E-state index in [0.29, 0.717) is 0 Å². The summed E-state index contributed by atoms with van der Waals surface area (Å²) in [7, 11) is 0. The van der Waals surface area contributed by atoms with E-state index in [9.17, 15) is 0 Å². The highest BCUT2D eigenvalue weighted by Gasteiger charge is 1.96. The van der Waals surface area contributed by atoms with Crippen LogP contribution >= 0.6 is 11.3 Å². The number of hydrogen-bond donors (Lipinski definition) is 1. The first-order valence-electron chi connectivity index (χ1n) is 6.72. The molecule has 1 aromatic heterocycles. The Morgan fingerprint density at radius 1 is 1.35 bits per heavy atom. The fourth-order valence-electron chi connectivity index (χ4n) is 1.55. The van der Waals surface area contributed by atoms with Crippen LogP contribution in [0.4, 0.5) is 5.13 Å². The molecular weight excluding hydrogens is 270 g/mol. The van der Waals surface area contributed by atoms with Crippen molar-refractivity contribution in [2.75, 3.05) is 12.0 Å². The molecule has 20 heavy (non-hydrogen) atoms. The summed E-state index contributed by atoms with van der Waals surface area (Å²) >= 11 is 1.54. The maximum Gasteiger partial charge on any atom is 0.203 e. The molecule has 0 fully saturated rings. The molecule has 1 aromatic carbocycles. The number of unbranched alkanes of at least 4 members (excludes halogenated alkanes) is 1. The average Bonchev–Trinajstić information content (AvgIpc) is 2.87. The molecule has 0 aliphatic rings. The molecule has 0 amide bonds. The second-order valence-corrected chi connectivity index (χ2v) is 5.29. The van der Waals surface area contributed by atoms with Crippen molar-refractivity contribution in [3.05, 3.63) is 40.9 Å². The molecule has 0 bridgehead atoms. The lowest BCUT2D eigenvalue weighted by molar-refractivity contribution is 0.309. The summed E-state index contributed by atoms with van der Waals surface area (Å²) in [6, 6.07) is 7.90. The van der Waals surface area contributed by atoms with Gasteiger partial charge in [0.25, 0.3) is 0 Å². The van der Waals surface area contributed by atoms with Crippen LogP contribution in [0.5, 0.6) is 5.75 Å². The Balaban J connectivity index is 1.83. The molecule has 1 heterocycles. The van der Waals surface area contributed by atoms with Gasteiger partial charge in [0.1, 0.15) is 5.75 Å². The van der Waals surface area contributed by atoms with Crippen molar-refractivity contribution in [3.63, 3.8) is 0 Å². The highest BCUT2D eigenvalue weighted by Crippen LogP contribution is 2.14. The summed E-state index contributed by atoms with van der Waals surface area (Å²) < 4.78 is 5.61. The van der Waals surface area contributed by atoms with E-state index in [4.69, 9.17) is 4.74 Å². The third kappa shape index (κ3) is 4.66. The number of ether oxygens (including phenoxy) is 1. The molecule has 1 N–H and O–H groups in total. The van der Waals surface area contributed by atoms with Gasteiger partial charge in [0.05, 0.1) is 18.5 Å². The summed E-state index contributed by atoms with van der Waals surface area (Å²) in [6.45, 7) is 4.89. The van der Waals surface area contributed by atoms with Crippen molar-refractivity contribution in [2.45, 2.75) is 26.7 Å². The molecule has 0 aliphatic carbocycles. The Morgan fingerprint density at radius 3 is 2.80 bits per heavy atom. The average molecular weight is 289 g/mol. The molecule has 0 aliphatic heterocycles. The topological polar surface area (TPSA) is 46.5 Å². The van der Waals surface area contributed by atoms with Gasteiger partial charge in [-0.1, -0.05) is 13.3 Å². The normalized spacial score (nSPS) is 10.9. The zero-order valence-corrected chi connectivity index (χ0v) is 12.6. The van der Waals surface area contributed by atoms with Gasteiger partial charge >= 0.3 is 0 Å². The van der Waals surface area contributed by atoms with E-state index in [1.807, 2.05) is 36.6 Å². The van der Waals surface area contributed by atoms with E-state index in [2.05, 4.69) is 22.4 Å². The van der Waals surface area contributed by atoms with E-state index in [0.717, 1.165) is 41.6 Å². The summed E-state index contributed by atoms with van der Waals surface area (Å²) in [5.74, 6) is 0.902. The number of benzene rings is 1. The fourth-order valence-corrected chi connectivity index (χ4v) is 2.19. The maximum atomic E-state index is 5.61. The first-order valence-corrected chi connectivity index (χ1v) is 7.60. The minimum atomic E-state index is 0.773. The second-order valence-electron chi connectivity index (χ2n) is 4.44. The number of rotatable bonds is 7. The first kappa shape index (κ1) is 14.5. The van der Waals surface area contributed by atoms with Crippen LogP contribution in [0.15, 0.2) is 34.7 Å². The molecule has 2 aromatic rings. The van der Waals surface area contributed by atoms with Gasteiger partial charge < -0.3 is 4.74 Å². The van der Waals surface area contributed by atoms with Gasteiger partial charge in [-0.3, -0.25) is 5.43 Å². The molecule has 0 radical (unpaired) electrons. The van der Waals surface area contributed by atoms with E-state index in [1.165, 1.54) is 0 Å². The van der Waals surface area contributed by atoms with Gasteiger partial charge in [0.2, 0.25) is 5.13 Å². The van der Waals surface area contributed by atoms with Gasteiger partial charge in [-0.05, 0) is 43.2 Å². The number of aromatic nitrogens is 1. The van der Waals surface area contributed by atoms with Crippen molar-refractivity contribution in [1.82, 2.24) is 4.98 Å².